The van der Waals surface area contributed by atoms with Crippen LogP contribution in [0.15, 0.2) is 68.6 Å². The first kappa shape index (κ1) is 22.1. The first-order valence-corrected chi connectivity index (χ1v) is 13.2. The van der Waals surface area contributed by atoms with Crippen molar-refractivity contribution in [1.82, 2.24) is 29.9 Å². The van der Waals surface area contributed by atoms with Crippen molar-refractivity contribution >= 4 is 45.1 Å². The van der Waals surface area contributed by atoms with E-state index in [1.165, 1.54) is 16.5 Å². The van der Waals surface area contributed by atoms with Gasteiger partial charge in [0.05, 0.1) is 21.7 Å². The van der Waals surface area contributed by atoms with E-state index in [1.807, 2.05) is 36.4 Å². The van der Waals surface area contributed by atoms with E-state index >= 15 is 0 Å². The fourth-order valence-corrected chi connectivity index (χ4v) is 5.90. The van der Waals surface area contributed by atoms with Crippen molar-refractivity contribution in [2.75, 3.05) is 0 Å². The molecule has 0 aliphatic rings. The molecule has 5 aromatic rings. The zero-order valence-corrected chi connectivity index (χ0v) is 20.9. The lowest BCUT2D eigenvalue weighted by molar-refractivity contribution is 0.372. The van der Waals surface area contributed by atoms with Gasteiger partial charge in [0.15, 0.2) is 15.3 Å². The predicted molar refractivity (Wildman–Crippen MR) is 133 cm³/mol. The van der Waals surface area contributed by atoms with Crippen LogP contribution in [0, 0.1) is 0 Å². The second-order valence-electron chi connectivity index (χ2n) is 8.36. The Morgan fingerprint density at radius 1 is 0.909 bits per heavy atom. The van der Waals surface area contributed by atoms with Gasteiger partial charge in [0.2, 0.25) is 5.89 Å². The highest BCUT2D eigenvalue weighted by Gasteiger charge is 2.22. The summed E-state index contributed by atoms with van der Waals surface area (Å²) < 4.78 is 9.75. The summed E-state index contributed by atoms with van der Waals surface area (Å²) in [5.74, 6) is 3.35. The number of benzene rings is 2. The van der Waals surface area contributed by atoms with Gasteiger partial charge < -0.3 is 4.52 Å². The topological polar surface area (TPSA) is 82.5 Å². The van der Waals surface area contributed by atoms with Crippen molar-refractivity contribution in [3.05, 3.63) is 72.1 Å². The zero-order chi connectivity index (χ0) is 22.8. The Kier molecular flexibility index (Phi) is 6.22. The van der Waals surface area contributed by atoms with Gasteiger partial charge >= 0.3 is 0 Å². The number of fused-ring (bicyclic) bond motifs is 1. The van der Waals surface area contributed by atoms with Crippen molar-refractivity contribution in [2.45, 2.75) is 47.2 Å². The number of rotatable bonds is 7. The molecule has 0 saturated carbocycles. The van der Waals surface area contributed by atoms with Gasteiger partial charge in [0, 0.05) is 11.1 Å². The van der Waals surface area contributed by atoms with Crippen molar-refractivity contribution in [3.63, 3.8) is 0 Å². The van der Waals surface area contributed by atoms with Crippen LogP contribution in [0.2, 0.25) is 0 Å². The van der Waals surface area contributed by atoms with E-state index in [-0.39, 0.29) is 5.41 Å². The summed E-state index contributed by atoms with van der Waals surface area (Å²) in [6.45, 7) is 6.20. The van der Waals surface area contributed by atoms with Crippen LogP contribution in [-0.2, 0) is 16.9 Å². The van der Waals surface area contributed by atoms with Crippen molar-refractivity contribution in [3.8, 4) is 5.69 Å². The molecular formula is C23H22N6OS3. The number of para-hydroxylation sites is 2. The number of hydrogen-bond acceptors (Lipinski definition) is 9. The maximum absolute atomic E-state index is 5.45. The number of thioether (sulfide) groups is 2. The Hall–Kier alpha value is -2.69. The number of nitrogens with zero attached hydrogens (tertiary/aromatic N) is 6. The molecule has 3 aromatic heterocycles. The van der Waals surface area contributed by atoms with Crippen LogP contribution in [0.3, 0.4) is 0 Å². The average Bonchev–Trinajstić information content (AvgIpc) is 3.54. The monoisotopic (exact) mass is 494 g/mol. The summed E-state index contributed by atoms with van der Waals surface area (Å²) in [6, 6.07) is 18.3. The molecule has 0 saturated heterocycles. The Labute approximate surface area is 204 Å². The van der Waals surface area contributed by atoms with Gasteiger partial charge in [-0.15, -0.1) is 21.5 Å². The Bertz CT molecular complexity index is 1340. The highest BCUT2D eigenvalue weighted by Crippen LogP contribution is 2.33. The molecule has 0 atom stereocenters. The SMILES string of the molecule is CC(C)(C)c1noc(CSc2nnc(CSc3nc4ccccc4s3)n2-c2ccccc2)n1. The van der Waals surface area contributed by atoms with E-state index < -0.39 is 0 Å². The smallest absolute Gasteiger partial charge is 0.237 e. The molecule has 0 spiro atoms. The predicted octanol–water partition coefficient (Wildman–Crippen LogP) is 6.14. The van der Waals surface area contributed by atoms with Gasteiger partial charge in [-0.3, -0.25) is 4.57 Å². The van der Waals surface area contributed by atoms with Crippen LogP contribution >= 0.6 is 34.9 Å². The summed E-state index contributed by atoms with van der Waals surface area (Å²) in [5.41, 5.74) is 1.90. The number of thiazole rings is 1. The third-order valence-corrected chi connectivity index (χ3v) is 7.87. The second-order valence-corrected chi connectivity index (χ2v) is 11.6. The van der Waals surface area contributed by atoms with Gasteiger partial charge in [-0.1, -0.05) is 79.8 Å². The summed E-state index contributed by atoms with van der Waals surface area (Å²) in [4.78, 5) is 9.26. The molecule has 33 heavy (non-hydrogen) atoms. The van der Waals surface area contributed by atoms with Gasteiger partial charge in [-0.2, -0.15) is 4.98 Å². The molecule has 7 nitrogen and oxygen atoms in total. The molecule has 168 valence electrons. The molecule has 0 N–H and O–H groups in total. The lowest BCUT2D eigenvalue weighted by atomic mass is 9.96. The van der Waals surface area contributed by atoms with Crippen molar-refractivity contribution < 1.29 is 4.52 Å². The third-order valence-electron chi connectivity index (χ3n) is 4.78. The first-order chi connectivity index (χ1) is 16.0. The van der Waals surface area contributed by atoms with Gasteiger partial charge in [-0.05, 0) is 24.3 Å². The molecule has 0 unspecified atom stereocenters. The molecule has 0 aliphatic carbocycles. The van der Waals surface area contributed by atoms with Gasteiger partial charge in [-0.25, -0.2) is 4.98 Å². The molecular weight excluding hydrogens is 472 g/mol. The van der Waals surface area contributed by atoms with E-state index in [9.17, 15) is 0 Å². The first-order valence-electron chi connectivity index (χ1n) is 10.4. The normalized spacial score (nSPS) is 12.0. The Morgan fingerprint density at radius 3 is 2.45 bits per heavy atom. The zero-order valence-electron chi connectivity index (χ0n) is 18.4. The van der Waals surface area contributed by atoms with Crippen LogP contribution in [0.25, 0.3) is 15.9 Å². The Balaban J connectivity index is 1.37. The van der Waals surface area contributed by atoms with Gasteiger partial charge in [0.1, 0.15) is 5.82 Å². The minimum Gasteiger partial charge on any atom is -0.338 e. The lowest BCUT2D eigenvalue weighted by Crippen LogP contribution is -2.13. The summed E-state index contributed by atoms with van der Waals surface area (Å²) in [7, 11) is 0. The van der Waals surface area contributed by atoms with E-state index in [1.54, 1.807) is 23.1 Å². The van der Waals surface area contributed by atoms with Crippen LogP contribution in [0.1, 0.15) is 38.3 Å². The number of hydrogen-bond donors (Lipinski definition) is 0. The second kappa shape index (κ2) is 9.28. The largest absolute Gasteiger partial charge is 0.338 e. The van der Waals surface area contributed by atoms with Crippen LogP contribution in [-0.4, -0.2) is 29.9 Å². The molecule has 0 radical (unpaired) electrons. The summed E-state index contributed by atoms with van der Waals surface area (Å²) >= 11 is 4.91. The molecule has 2 aromatic carbocycles. The average molecular weight is 495 g/mol. The van der Waals surface area contributed by atoms with E-state index in [2.05, 4.69) is 63.9 Å². The maximum Gasteiger partial charge on any atom is 0.237 e. The molecule has 0 amide bonds. The third kappa shape index (κ3) is 4.97. The van der Waals surface area contributed by atoms with E-state index in [0.717, 1.165) is 26.5 Å². The highest BCUT2D eigenvalue weighted by molar-refractivity contribution is 8.00. The summed E-state index contributed by atoms with van der Waals surface area (Å²) in [5, 5.41) is 13.9. The quantitative estimate of drug-likeness (QED) is 0.249. The van der Waals surface area contributed by atoms with E-state index in [0.29, 0.717) is 23.2 Å². The van der Waals surface area contributed by atoms with Crippen LogP contribution in [0.4, 0.5) is 0 Å². The van der Waals surface area contributed by atoms with Crippen molar-refractivity contribution in [2.24, 2.45) is 0 Å². The van der Waals surface area contributed by atoms with Gasteiger partial charge in [0.25, 0.3) is 0 Å². The lowest BCUT2D eigenvalue weighted by Gasteiger charge is -2.11. The van der Waals surface area contributed by atoms with Crippen LogP contribution < -0.4 is 0 Å². The number of aromatic nitrogens is 6. The minimum atomic E-state index is -0.151. The fraction of sp³-hybridized carbons (Fsp3) is 0.261. The van der Waals surface area contributed by atoms with E-state index in [4.69, 9.17) is 9.51 Å². The molecule has 0 aliphatic heterocycles. The molecule has 3 heterocycles. The molecule has 10 heteroatoms. The fourth-order valence-electron chi connectivity index (χ4n) is 3.11. The maximum atomic E-state index is 5.45. The van der Waals surface area contributed by atoms with Crippen LogP contribution in [0.5, 0.6) is 0 Å². The minimum absolute atomic E-state index is 0.151. The highest BCUT2D eigenvalue weighted by atomic mass is 32.2. The summed E-state index contributed by atoms with van der Waals surface area (Å²) in [6.07, 6.45) is 0. The molecule has 0 fully saturated rings. The van der Waals surface area contributed by atoms with Crippen molar-refractivity contribution in [1.29, 1.82) is 0 Å². The molecule has 5 rings (SSSR count). The standard InChI is InChI=1S/C23H22N6OS3/c1-23(2,3)20-25-19(30-28-20)14-31-21-27-26-18(29(21)15-9-5-4-6-10-15)13-32-22-24-16-11-7-8-12-17(16)33-22/h4-12H,13-14H2,1-3H3. The molecule has 0 bridgehead atoms. The Morgan fingerprint density at radius 2 is 1.70 bits per heavy atom.